The molecule has 0 saturated heterocycles. The monoisotopic (exact) mass is 312 g/mol. The molecule has 0 saturated carbocycles. The minimum atomic E-state index is -3.35. The second kappa shape index (κ2) is 8.13. The molecule has 5 nitrogen and oxygen atoms in total. The molecule has 116 valence electrons. The number of carbonyl (C=O) groups is 1. The van der Waals surface area contributed by atoms with E-state index in [-0.39, 0.29) is 13.2 Å². The van der Waals surface area contributed by atoms with Crippen LogP contribution in [0.1, 0.15) is 36.7 Å². The van der Waals surface area contributed by atoms with E-state index in [4.69, 9.17) is 9.05 Å². The summed E-state index contributed by atoms with van der Waals surface area (Å²) in [5.74, 6) is -0.415. The Kier molecular flexibility index (Phi) is 6.82. The standard InChI is InChI=1S/C15H21O5P/c1-5-14(21(17,19-6-2)20-7-3)12-8-10-13(11-9-12)15(16)18-4/h5,8-11H,6-7H2,1-4H3/b14-5-. The molecular weight excluding hydrogens is 291 g/mol. The normalized spacial score (nSPS) is 12.3. The van der Waals surface area contributed by atoms with Crippen molar-refractivity contribution in [2.24, 2.45) is 0 Å². The lowest BCUT2D eigenvalue weighted by Gasteiger charge is -2.20. The predicted molar refractivity (Wildman–Crippen MR) is 82.3 cm³/mol. The Morgan fingerprint density at radius 2 is 1.57 bits per heavy atom. The molecule has 0 aliphatic carbocycles. The lowest BCUT2D eigenvalue weighted by molar-refractivity contribution is 0.0600. The van der Waals surface area contributed by atoms with Gasteiger partial charge in [0.2, 0.25) is 0 Å². The number of rotatable bonds is 7. The maximum Gasteiger partial charge on any atom is 0.361 e. The lowest BCUT2D eigenvalue weighted by Crippen LogP contribution is -2.02. The fourth-order valence-electron chi connectivity index (χ4n) is 1.89. The van der Waals surface area contributed by atoms with Gasteiger partial charge in [0.1, 0.15) is 0 Å². The Balaban J connectivity index is 3.15. The summed E-state index contributed by atoms with van der Waals surface area (Å²) in [6.07, 6.45) is 1.71. The van der Waals surface area contributed by atoms with E-state index in [0.717, 1.165) is 0 Å². The molecule has 0 amide bonds. The molecule has 0 aliphatic heterocycles. The first kappa shape index (κ1) is 17.6. The molecular formula is C15H21O5P. The van der Waals surface area contributed by atoms with E-state index < -0.39 is 13.6 Å². The molecule has 0 aliphatic rings. The zero-order valence-electron chi connectivity index (χ0n) is 12.8. The largest absolute Gasteiger partial charge is 0.465 e. The Labute approximate surface area is 125 Å². The van der Waals surface area contributed by atoms with Crippen LogP contribution in [0.25, 0.3) is 5.31 Å². The van der Waals surface area contributed by atoms with E-state index in [0.29, 0.717) is 16.4 Å². The molecule has 0 bridgehead atoms. The van der Waals surface area contributed by atoms with Gasteiger partial charge >= 0.3 is 13.6 Å². The smallest absolute Gasteiger partial charge is 0.361 e. The van der Waals surface area contributed by atoms with Crippen molar-refractivity contribution >= 4 is 18.9 Å². The van der Waals surface area contributed by atoms with Gasteiger partial charge in [-0.3, -0.25) is 4.57 Å². The summed E-state index contributed by atoms with van der Waals surface area (Å²) in [6.45, 7) is 5.87. The van der Waals surface area contributed by atoms with Crippen LogP contribution in [-0.4, -0.2) is 26.3 Å². The van der Waals surface area contributed by atoms with Gasteiger partial charge in [0.25, 0.3) is 0 Å². The summed E-state index contributed by atoms with van der Waals surface area (Å²) >= 11 is 0. The van der Waals surface area contributed by atoms with Crippen LogP contribution >= 0.6 is 7.60 Å². The number of carbonyl (C=O) groups excluding carboxylic acids is 1. The van der Waals surface area contributed by atoms with Crippen molar-refractivity contribution in [2.75, 3.05) is 20.3 Å². The highest BCUT2D eigenvalue weighted by molar-refractivity contribution is 7.65. The molecule has 1 rings (SSSR count). The van der Waals surface area contributed by atoms with Crippen molar-refractivity contribution in [3.8, 4) is 0 Å². The molecule has 21 heavy (non-hydrogen) atoms. The SMILES string of the molecule is C/C=C(/c1ccc(C(=O)OC)cc1)P(=O)(OCC)OCC. The van der Waals surface area contributed by atoms with E-state index in [2.05, 4.69) is 4.74 Å². The van der Waals surface area contributed by atoms with Crippen molar-refractivity contribution < 1.29 is 23.1 Å². The molecule has 0 aromatic heterocycles. The fraction of sp³-hybridized carbons (Fsp3) is 0.400. The summed E-state index contributed by atoms with van der Waals surface area (Å²) in [5.41, 5.74) is 1.12. The van der Waals surface area contributed by atoms with Crippen LogP contribution < -0.4 is 0 Å². The summed E-state index contributed by atoms with van der Waals surface area (Å²) in [7, 11) is -2.03. The van der Waals surface area contributed by atoms with Gasteiger partial charge in [0.15, 0.2) is 0 Å². The topological polar surface area (TPSA) is 61.8 Å². The number of ether oxygens (including phenoxy) is 1. The van der Waals surface area contributed by atoms with Crippen molar-refractivity contribution in [1.82, 2.24) is 0 Å². The first-order chi connectivity index (χ1) is 10.0. The predicted octanol–water partition coefficient (Wildman–Crippen LogP) is 4.10. The lowest BCUT2D eigenvalue weighted by atomic mass is 10.1. The molecule has 0 radical (unpaired) electrons. The van der Waals surface area contributed by atoms with Gasteiger partial charge in [-0.1, -0.05) is 18.2 Å². The Morgan fingerprint density at radius 3 is 1.95 bits per heavy atom. The van der Waals surface area contributed by atoms with Crippen LogP contribution in [0.15, 0.2) is 30.3 Å². The molecule has 0 fully saturated rings. The van der Waals surface area contributed by atoms with Crippen LogP contribution in [0.3, 0.4) is 0 Å². The maximum absolute atomic E-state index is 12.8. The number of esters is 1. The van der Waals surface area contributed by atoms with Crippen LogP contribution in [0.4, 0.5) is 0 Å². The van der Waals surface area contributed by atoms with Crippen molar-refractivity contribution in [3.63, 3.8) is 0 Å². The zero-order chi connectivity index (χ0) is 15.9. The van der Waals surface area contributed by atoms with Crippen LogP contribution in [-0.2, 0) is 18.3 Å². The van der Waals surface area contributed by atoms with E-state index in [9.17, 15) is 9.36 Å². The number of benzene rings is 1. The van der Waals surface area contributed by atoms with Gasteiger partial charge < -0.3 is 13.8 Å². The third kappa shape index (κ3) is 4.27. The van der Waals surface area contributed by atoms with Gasteiger partial charge in [-0.2, -0.15) is 0 Å². The van der Waals surface area contributed by atoms with Crippen molar-refractivity contribution in [1.29, 1.82) is 0 Å². The van der Waals surface area contributed by atoms with Gasteiger partial charge in [-0.25, -0.2) is 4.79 Å². The number of methoxy groups -OCH3 is 1. The quantitative estimate of drug-likeness (QED) is 0.560. The van der Waals surface area contributed by atoms with Gasteiger partial charge in [-0.15, -0.1) is 0 Å². The third-order valence-electron chi connectivity index (χ3n) is 2.77. The van der Waals surface area contributed by atoms with Crippen LogP contribution in [0.2, 0.25) is 0 Å². The molecule has 6 heteroatoms. The average Bonchev–Trinajstić information content (AvgIpc) is 2.48. The summed E-state index contributed by atoms with van der Waals surface area (Å²) in [6, 6.07) is 6.64. The van der Waals surface area contributed by atoms with Crippen molar-refractivity contribution in [3.05, 3.63) is 41.5 Å². The van der Waals surface area contributed by atoms with E-state index in [1.807, 2.05) is 0 Å². The van der Waals surface area contributed by atoms with Crippen LogP contribution in [0.5, 0.6) is 0 Å². The molecule has 1 aromatic carbocycles. The second-order valence-electron chi connectivity index (χ2n) is 4.08. The molecule has 0 spiro atoms. The number of hydrogen-bond acceptors (Lipinski definition) is 5. The van der Waals surface area contributed by atoms with Crippen LogP contribution in [0, 0.1) is 0 Å². The maximum atomic E-state index is 12.8. The highest BCUT2D eigenvalue weighted by Gasteiger charge is 2.30. The minimum Gasteiger partial charge on any atom is -0.465 e. The third-order valence-corrected chi connectivity index (χ3v) is 5.07. The van der Waals surface area contributed by atoms with E-state index in [1.165, 1.54) is 7.11 Å². The molecule has 0 N–H and O–H groups in total. The number of allylic oxidation sites excluding steroid dienone is 1. The molecule has 0 heterocycles. The van der Waals surface area contributed by atoms with Gasteiger partial charge in [-0.05, 0) is 38.5 Å². The number of hydrogen-bond donors (Lipinski definition) is 0. The van der Waals surface area contributed by atoms with Gasteiger partial charge in [0, 0.05) is 0 Å². The van der Waals surface area contributed by atoms with Gasteiger partial charge in [0.05, 0.1) is 31.2 Å². The first-order valence-corrected chi connectivity index (χ1v) is 8.31. The zero-order valence-corrected chi connectivity index (χ0v) is 13.7. The average molecular weight is 312 g/mol. The fourth-order valence-corrected chi connectivity index (χ4v) is 3.71. The Bertz CT molecular complexity index is 538. The highest BCUT2D eigenvalue weighted by Crippen LogP contribution is 2.60. The molecule has 0 unspecified atom stereocenters. The summed E-state index contributed by atoms with van der Waals surface area (Å²) < 4.78 is 28.2. The second-order valence-corrected chi connectivity index (χ2v) is 6.07. The Morgan fingerprint density at radius 1 is 1.10 bits per heavy atom. The summed E-state index contributed by atoms with van der Waals surface area (Å²) in [5, 5.41) is 0.489. The van der Waals surface area contributed by atoms with E-state index in [1.54, 1.807) is 51.1 Å². The Hall–Kier alpha value is -1.42. The first-order valence-electron chi connectivity index (χ1n) is 6.77. The van der Waals surface area contributed by atoms with Crippen molar-refractivity contribution in [2.45, 2.75) is 20.8 Å². The highest BCUT2D eigenvalue weighted by atomic mass is 31.2. The molecule has 0 atom stereocenters. The van der Waals surface area contributed by atoms with E-state index >= 15 is 0 Å². The minimum absolute atomic E-state index is 0.287. The molecule has 1 aromatic rings. The summed E-state index contributed by atoms with van der Waals surface area (Å²) in [4.78, 5) is 11.4.